The molecular formula is C11H16O3P+. The van der Waals surface area contributed by atoms with Crippen LogP contribution in [-0.2, 0) is 15.7 Å². The van der Waals surface area contributed by atoms with E-state index in [1.165, 1.54) is 0 Å². The monoisotopic (exact) mass is 227 g/mol. The fourth-order valence-corrected chi connectivity index (χ4v) is 1.93. The van der Waals surface area contributed by atoms with Gasteiger partial charge >= 0.3 is 8.03 Å². The van der Waals surface area contributed by atoms with E-state index in [1.807, 2.05) is 0 Å². The summed E-state index contributed by atoms with van der Waals surface area (Å²) in [6, 6.07) is 6.98. The summed E-state index contributed by atoms with van der Waals surface area (Å²) in [6.07, 6.45) is 1.96. The molecular weight excluding hydrogens is 211 g/mol. The number of aliphatic hydroxyl groups excluding tert-OH is 1. The zero-order valence-corrected chi connectivity index (χ0v) is 9.74. The highest BCUT2D eigenvalue weighted by molar-refractivity contribution is 7.48. The molecule has 1 rings (SSSR count). The second-order valence-corrected chi connectivity index (χ2v) is 4.56. The van der Waals surface area contributed by atoms with Crippen molar-refractivity contribution in [2.45, 2.75) is 26.4 Å². The van der Waals surface area contributed by atoms with Crippen molar-refractivity contribution in [3.05, 3.63) is 29.8 Å². The van der Waals surface area contributed by atoms with Gasteiger partial charge in [0.05, 0.1) is 6.61 Å². The van der Waals surface area contributed by atoms with Crippen molar-refractivity contribution in [2.75, 3.05) is 6.61 Å². The highest BCUT2D eigenvalue weighted by atomic mass is 31.1. The fraction of sp³-hybridized carbons (Fsp3) is 0.455. The summed E-state index contributed by atoms with van der Waals surface area (Å²) in [6.45, 7) is 2.60. The van der Waals surface area contributed by atoms with Gasteiger partial charge in [-0.1, -0.05) is 25.5 Å². The van der Waals surface area contributed by atoms with Crippen LogP contribution in [-0.4, -0.2) is 11.7 Å². The first-order valence-electron chi connectivity index (χ1n) is 5.08. The zero-order chi connectivity index (χ0) is 11.1. The molecule has 1 aromatic carbocycles. The van der Waals surface area contributed by atoms with Crippen LogP contribution in [0.5, 0.6) is 0 Å². The molecule has 0 heterocycles. The van der Waals surface area contributed by atoms with E-state index < -0.39 is 8.03 Å². The van der Waals surface area contributed by atoms with Crippen LogP contribution in [0.1, 0.15) is 25.3 Å². The summed E-state index contributed by atoms with van der Waals surface area (Å²) in [4.78, 5) is 0. The first kappa shape index (κ1) is 12.3. The molecule has 0 saturated heterocycles. The summed E-state index contributed by atoms with van der Waals surface area (Å²) in [5.74, 6) is 0. The van der Waals surface area contributed by atoms with E-state index in [9.17, 15) is 4.57 Å². The van der Waals surface area contributed by atoms with Crippen LogP contribution in [0.3, 0.4) is 0 Å². The number of rotatable bonds is 6. The van der Waals surface area contributed by atoms with E-state index in [-0.39, 0.29) is 6.61 Å². The van der Waals surface area contributed by atoms with Gasteiger partial charge in [-0.2, -0.15) is 0 Å². The van der Waals surface area contributed by atoms with Crippen LogP contribution in [0.15, 0.2) is 24.3 Å². The van der Waals surface area contributed by atoms with Crippen LogP contribution in [0.25, 0.3) is 0 Å². The van der Waals surface area contributed by atoms with Gasteiger partial charge in [-0.3, -0.25) is 0 Å². The lowest BCUT2D eigenvalue weighted by Crippen LogP contribution is -1.99. The fourth-order valence-electron chi connectivity index (χ4n) is 1.09. The molecule has 1 aromatic rings. The molecule has 15 heavy (non-hydrogen) atoms. The molecule has 1 atom stereocenters. The van der Waals surface area contributed by atoms with Crippen LogP contribution in [0.4, 0.5) is 0 Å². The van der Waals surface area contributed by atoms with Crippen molar-refractivity contribution in [1.29, 1.82) is 0 Å². The van der Waals surface area contributed by atoms with E-state index in [0.717, 1.165) is 18.4 Å². The van der Waals surface area contributed by atoms with E-state index in [1.54, 1.807) is 24.3 Å². The summed E-state index contributed by atoms with van der Waals surface area (Å²) in [5.41, 5.74) is 0.815. The van der Waals surface area contributed by atoms with Gasteiger partial charge in [0.2, 0.25) is 5.30 Å². The topological polar surface area (TPSA) is 46.5 Å². The molecule has 0 radical (unpaired) electrons. The number of hydrogen-bond acceptors (Lipinski definition) is 3. The lowest BCUT2D eigenvalue weighted by atomic mass is 10.2. The number of unbranched alkanes of at least 4 members (excludes halogenated alkanes) is 1. The summed E-state index contributed by atoms with van der Waals surface area (Å²) in [7, 11) is -1.74. The zero-order valence-electron chi connectivity index (χ0n) is 8.85. The molecule has 1 N–H and O–H groups in total. The molecule has 0 fully saturated rings. The molecule has 0 amide bonds. The van der Waals surface area contributed by atoms with E-state index >= 15 is 0 Å². The van der Waals surface area contributed by atoms with Crippen molar-refractivity contribution >= 4 is 13.3 Å². The normalized spacial score (nSPS) is 11.5. The Balaban J connectivity index is 2.50. The Hall–Kier alpha value is -0.760. The average Bonchev–Trinajstić information content (AvgIpc) is 2.29. The largest absolute Gasteiger partial charge is 0.548 e. The quantitative estimate of drug-likeness (QED) is 0.599. The van der Waals surface area contributed by atoms with Crippen LogP contribution in [0, 0.1) is 0 Å². The van der Waals surface area contributed by atoms with Gasteiger partial charge in [-0.05, 0) is 28.7 Å². The minimum Gasteiger partial charge on any atom is -0.392 e. The number of aliphatic hydroxyl groups is 1. The third kappa shape index (κ3) is 4.08. The van der Waals surface area contributed by atoms with Gasteiger partial charge in [0.15, 0.2) is 0 Å². The highest BCUT2D eigenvalue weighted by Gasteiger charge is 2.20. The molecule has 4 heteroatoms. The molecule has 1 unspecified atom stereocenters. The second kappa shape index (κ2) is 6.67. The Labute approximate surface area is 91.0 Å². The molecule has 0 aliphatic rings. The first-order valence-corrected chi connectivity index (χ1v) is 6.25. The predicted molar refractivity (Wildman–Crippen MR) is 60.5 cm³/mol. The Bertz CT molecular complexity index is 308. The molecule has 0 saturated carbocycles. The standard InChI is InChI=1S/C11H16O3P/c1-2-3-8-14-15(13)11-6-4-10(9-12)5-7-11/h4-7,12H,2-3,8-9H2,1H3/q+1. The van der Waals surface area contributed by atoms with Crippen LogP contribution in [0.2, 0.25) is 0 Å². The van der Waals surface area contributed by atoms with Gasteiger partial charge < -0.3 is 5.11 Å². The summed E-state index contributed by atoms with van der Waals surface area (Å²) >= 11 is 0. The van der Waals surface area contributed by atoms with Crippen molar-refractivity contribution < 1.29 is 14.2 Å². The van der Waals surface area contributed by atoms with E-state index in [4.69, 9.17) is 9.63 Å². The van der Waals surface area contributed by atoms with Crippen LogP contribution < -0.4 is 5.30 Å². The minimum absolute atomic E-state index is 0.00769. The van der Waals surface area contributed by atoms with Crippen molar-refractivity contribution in [3.8, 4) is 0 Å². The SMILES string of the molecule is CCCCO[P+](=O)c1ccc(CO)cc1. The minimum atomic E-state index is -1.74. The van der Waals surface area contributed by atoms with Gasteiger partial charge in [0, 0.05) is 0 Å². The molecule has 82 valence electrons. The highest BCUT2D eigenvalue weighted by Crippen LogP contribution is 2.21. The molecule has 3 nitrogen and oxygen atoms in total. The van der Waals surface area contributed by atoms with Crippen molar-refractivity contribution in [2.24, 2.45) is 0 Å². The third-order valence-electron chi connectivity index (χ3n) is 2.04. The Morgan fingerprint density at radius 2 is 2.00 bits per heavy atom. The maximum atomic E-state index is 11.6. The van der Waals surface area contributed by atoms with Crippen molar-refractivity contribution in [3.63, 3.8) is 0 Å². The molecule has 0 spiro atoms. The smallest absolute Gasteiger partial charge is 0.392 e. The lowest BCUT2D eigenvalue weighted by Gasteiger charge is -1.93. The van der Waals surface area contributed by atoms with E-state index in [2.05, 4.69) is 6.92 Å². The maximum absolute atomic E-state index is 11.6. The van der Waals surface area contributed by atoms with Gasteiger partial charge in [-0.25, -0.2) is 0 Å². The molecule has 0 aromatic heterocycles. The Morgan fingerprint density at radius 1 is 1.33 bits per heavy atom. The van der Waals surface area contributed by atoms with Crippen molar-refractivity contribution in [1.82, 2.24) is 0 Å². The predicted octanol–water partition coefficient (Wildman–Crippen LogP) is 2.36. The summed E-state index contributed by atoms with van der Waals surface area (Å²) < 4.78 is 16.8. The number of benzene rings is 1. The molecule has 0 aliphatic carbocycles. The van der Waals surface area contributed by atoms with Gasteiger partial charge in [-0.15, -0.1) is 4.52 Å². The maximum Gasteiger partial charge on any atom is 0.548 e. The lowest BCUT2D eigenvalue weighted by molar-refractivity contribution is 0.282. The van der Waals surface area contributed by atoms with Gasteiger partial charge in [0.1, 0.15) is 6.61 Å². The Kier molecular flexibility index (Phi) is 5.48. The van der Waals surface area contributed by atoms with Crippen LogP contribution >= 0.6 is 8.03 Å². The number of hydrogen-bond donors (Lipinski definition) is 1. The summed E-state index contributed by atoms with van der Waals surface area (Å²) in [5, 5.41) is 9.52. The third-order valence-corrected chi connectivity index (χ3v) is 3.17. The average molecular weight is 227 g/mol. The van der Waals surface area contributed by atoms with E-state index in [0.29, 0.717) is 11.9 Å². The first-order chi connectivity index (χ1) is 7.27. The molecule has 0 bridgehead atoms. The second-order valence-electron chi connectivity index (χ2n) is 3.27. The van der Waals surface area contributed by atoms with Gasteiger partial charge in [0.25, 0.3) is 0 Å². The molecule has 0 aliphatic heterocycles. The Morgan fingerprint density at radius 3 is 2.53 bits per heavy atom.